The number of hydrogen-bond acceptors (Lipinski definition) is 10. The predicted molar refractivity (Wildman–Crippen MR) is 294 cm³/mol. The molecule has 7 rings (SSSR count). The van der Waals surface area contributed by atoms with Gasteiger partial charge >= 0.3 is 6.09 Å². The fourth-order valence-electron chi connectivity index (χ4n) is 10.9. The minimum Gasteiger partial charge on any atom is -0.444 e. The van der Waals surface area contributed by atoms with Crippen molar-refractivity contribution in [2.45, 2.75) is 175 Å². The Morgan fingerprint density at radius 1 is 0.779 bits per heavy atom. The maximum Gasteiger partial charge on any atom is 0.410 e. The van der Waals surface area contributed by atoms with E-state index >= 15 is 14.4 Å². The lowest BCUT2D eigenvalue weighted by Crippen LogP contribution is -2.60. The normalized spacial score (nSPS) is 21.5. The third-order valence-electron chi connectivity index (χ3n) is 15.9. The maximum atomic E-state index is 15.7. The van der Waals surface area contributed by atoms with Crippen LogP contribution in [-0.2, 0) is 57.6 Å². The summed E-state index contributed by atoms with van der Waals surface area (Å²) in [5.74, 6) is -2.47. The van der Waals surface area contributed by atoms with Gasteiger partial charge in [-0.15, -0.1) is 0 Å². The molecule has 2 aliphatic carbocycles. The van der Waals surface area contributed by atoms with Crippen LogP contribution in [0.1, 0.15) is 141 Å². The molecule has 4 aliphatic rings. The van der Waals surface area contributed by atoms with Crippen LogP contribution in [0.5, 0.6) is 0 Å². The number of nitrogens with one attached hydrogen (secondary N) is 3. The summed E-state index contributed by atoms with van der Waals surface area (Å²) in [6, 6.07) is 18.7. The molecule has 1 unspecified atom stereocenters. The number of fused-ring (bicyclic) bond motifs is 2. The van der Waals surface area contributed by atoms with Gasteiger partial charge in [-0.25, -0.2) is 4.79 Å². The van der Waals surface area contributed by atoms with E-state index < -0.39 is 82.0 Å². The quantitative estimate of drug-likeness (QED) is 0.124. The Bertz CT molecular complexity index is 2650. The second-order valence-electron chi connectivity index (χ2n) is 25.1. The Morgan fingerprint density at radius 3 is 2.01 bits per heavy atom. The SMILES string of the molecule is COC[C@@H](c1ccccc1)N(CC1(C(=O)N[C@H]2C[C@@H](C(=O)N[C@@H]3CCCc4ccccc43)N(C(=O)C(NC(=O)[C@H](C)N(C)C(=O)OC(C)(C)C)C(C)(C)C)C2)CC1)C(=O)[C@@H]1Cc2ccccc2CN1C(=O)[C@@H](N)C(C)(C)C. The highest BCUT2D eigenvalue weighted by Gasteiger charge is 2.55. The first kappa shape index (κ1) is 58.4. The van der Waals surface area contributed by atoms with Crippen LogP contribution in [0.15, 0.2) is 78.9 Å². The first-order valence-corrected chi connectivity index (χ1v) is 27.4. The fraction of sp³-hybridized carbons (Fsp3) is 0.583. The molecule has 0 bridgehead atoms. The van der Waals surface area contributed by atoms with Gasteiger partial charge in [0.2, 0.25) is 35.4 Å². The number of hydrogen-bond donors (Lipinski definition) is 4. The first-order chi connectivity index (χ1) is 36.1. The van der Waals surface area contributed by atoms with Crippen LogP contribution < -0.4 is 21.7 Å². The summed E-state index contributed by atoms with van der Waals surface area (Å²) in [5.41, 5.74) is 8.19. The van der Waals surface area contributed by atoms with Crippen molar-refractivity contribution in [2.24, 2.45) is 22.0 Å². The lowest BCUT2D eigenvalue weighted by molar-refractivity contribution is -0.152. The Balaban J connectivity index is 1.19. The molecule has 2 heterocycles. The van der Waals surface area contributed by atoms with E-state index in [0.29, 0.717) is 19.3 Å². The van der Waals surface area contributed by atoms with Crippen LogP contribution >= 0.6 is 0 Å². The van der Waals surface area contributed by atoms with Crippen molar-refractivity contribution in [1.29, 1.82) is 0 Å². The zero-order valence-electron chi connectivity index (χ0n) is 47.4. The summed E-state index contributed by atoms with van der Waals surface area (Å²) < 4.78 is 11.4. The van der Waals surface area contributed by atoms with E-state index in [1.54, 1.807) is 44.6 Å². The summed E-state index contributed by atoms with van der Waals surface area (Å²) in [6.07, 6.45) is 3.00. The van der Waals surface area contributed by atoms with Crippen molar-refractivity contribution in [2.75, 3.05) is 33.9 Å². The molecule has 5 N–H and O–H groups in total. The standard InChI is InChI=1S/C60H84N8O9/c1-37(65(11)56(75)77-59(8,9)10)50(69)64-49(58(5,6)7)54(73)67-34-42(32-45(67)51(70)63-44-28-20-26-38-21-18-19-27-43(38)44)62-55(74)60(29-30-60)36-68(47(35-76-12)39-22-14-13-15-23-39)52(71)46-31-40-24-16-17-25-41(40)33-66(46)53(72)48(61)57(2,3)4/h13-19,21-25,27,37,42,44-49H,20,26,28-36,61H2,1-12H3,(H,62,74)(H,63,70)(H,64,69)/t37-,42-,44+,45-,46-,47-,48+,49?/m0/s1. The topological polar surface area (TPSA) is 213 Å². The Kier molecular flexibility index (Phi) is 17.7. The van der Waals surface area contributed by atoms with E-state index in [1.807, 2.05) is 114 Å². The Morgan fingerprint density at radius 2 is 1.40 bits per heavy atom. The van der Waals surface area contributed by atoms with E-state index in [-0.39, 0.29) is 68.8 Å². The molecule has 2 aliphatic heterocycles. The summed E-state index contributed by atoms with van der Waals surface area (Å²) in [6.45, 7) is 18.2. The molecule has 8 atom stereocenters. The molecule has 7 amide bonds. The molecule has 77 heavy (non-hydrogen) atoms. The fourth-order valence-corrected chi connectivity index (χ4v) is 10.9. The van der Waals surface area contributed by atoms with Gasteiger partial charge in [-0.2, -0.15) is 0 Å². The molecule has 0 radical (unpaired) electrons. The van der Waals surface area contributed by atoms with Gasteiger partial charge in [0.25, 0.3) is 0 Å². The zero-order valence-corrected chi connectivity index (χ0v) is 47.4. The van der Waals surface area contributed by atoms with Gasteiger partial charge < -0.3 is 45.9 Å². The lowest BCUT2D eigenvalue weighted by Gasteiger charge is -2.43. The number of benzene rings is 3. The van der Waals surface area contributed by atoms with Gasteiger partial charge in [0, 0.05) is 46.3 Å². The smallest absolute Gasteiger partial charge is 0.410 e. The van der Waals surface area contributed by atoms with Crippen molar-refractivity contribution >= 4 is 41.5 Å². The van der Waals surface area contributed by atoms with Gasteiger partial charge in [-0.3, -0.25) is 33.7 Å². The van der Waals surface area contributed by atoms with Crippen molar-refractivity contribution in [1.82, 2.24) is 35.6 Å². The van der Waals surface area contributed by atoms with Gasteiger partial charge in [0.1, 0.15) is 29.8 Å². The van der Waals surface area contributed by atoms with Crippen LogP contribution in [0.3, 0.4) is 0 Å². The molecule has 1 saturated carbocycles. The van der Waals surface area contributed by atoms with Gasteiger partial charge in [-0.1, -0.05) is 120 Å². The number of amides is 7. The number of methoxy groups -OCH3 is 1. The largest absolute Gasteiger partial charge is 0.444 e. The second-order valence-corrected chi connectivity index (χ2v) is 25.1. The predicted octanol–water partition coefficient (Wildman–Crippen LogP) is 6.38. The molecule has 0 aromatic heterocycles. The number of ether oxygens (including phenoxy) is 2. The Labute approximate surface area is 455 Å². The monoisotopic (exact) mass is 1060 g/mol. The Hall–Kier alpha value is -6.33. The molecule has 1 saturated heterocycles. The molecule has 0 spiro atoms. The van der Waals surface area contributed by atoms with Crippen molar-refractivity contribution in [3.05, 3.63) is 107 Å². The molecular formula is C60H84N8O9. The van der Waals surface area contributed by atoms with Crippen molar-refractivity contribution in [3.8, 4) is 0 Å². The summed E-state index contributed by atoms with van der Waals surface area (Å²) in [7, 11) is 3.03. The average Bonchev–Trinajstić information content (AvgIpc) is 4.07. The number of rotatable bonds is 16. The molecule has 17 heteroatoms. The number of likely N-dealkylation sites (N-methyl/N-ethyl adjacent to an activating group) is 1. The number of likely N-dealkylation sites (tertiary alicyclic amines) is 1. The number of carbonyl (C=O) groups is 7. The van der Waals surface area contributed by atoms with E-state index in [4.69, 9.17) is 15.2 Å². The minimum absolute atomic E-state index is 0.000510. The van der Waals surface area contributed by atoms with Crippen LogP contribution in [0, 0.1) is 16.2 Å². The van der Waals surface area contributed by atoms with Crippen molar-refractivity contribution < 1.29 is 43.0 Å². The number of nitrogens with two attached hydrogens (primary N) is 1. The number of carbonyl (C=O) groups excluding carboxylic acids is 7. The highest BCUT2D eigenvalue weighted by atomic mass is 16.6. The van der Waals surface area contributed by atoms with Crippen LogP contribution in [0.2, 0.25) is 0 Å². The van der Waals surface area contributed by atoms with Crippen molar-refractivity contribution in [3.63, 3.8) is 0 Å². The minimum atomic E-state index is -1.15. The van der Waals surface area contributed by atoms with Gasteiger partial charge in [0.05, 0.1) is 30.1 Å². The zero-order chi connectivity index (χ0) is 56.4. The first-order valence-electron chi connectivity index (χ1n) is 27.4. The van der Waals surface area contributed by atoms with Crippen LogP contribution in [0.4, 0.5) is 4.79 Å². The summed E-state index contributed by atoms with van der Waals surface area (Å²) in [4.78, 5) is 108. The molecular weight excluding hydrogens is 977 g/mol. The van der Waals surface area contributed by atoms with Gasteiger partial charge in [-0.05, 0) is 105 Å². The second kappa shape index (κ2) is 23.3. The molecule has 17 nitrogen and oxygen atoms in total. The molecule has 3 aromatic carbocycles. The third-order valence-corrected chi connectivity index (χ3v) is 15.9. The molecule has 3 aromatic rings. The lowest BCUT2D eigenvalue weighted by atomic mass is 9.84. The van der Waals surface area contributed by atoms with E-state index in [2.05, 4.69) is 22.0 Å². The van der Waals surface area contributed by atoms with Crippen LogP contribution in [0.25, 0.3) is 0 Å². The average molecular weight is 1060 g/mol. The summed E-state index contributed by atoms with van der Waals surface area (Å²) in [5, 5.41) is 9.43. The third kappa shape index (κ3) is 13.5. The van der Waals surface area contributed by atoms with E-state index in [1.165, 1.54) is 16.8 Å². The van der Waals surface area contributed by atoms with Gasteiger partial charge in [0.15, 0.2) is 0 Å². The highest BCUT2D eigenvalue weighted by molar-refractivity contribution is 5.96. The van der Waals surface area contributed by atoms with E-state index in [9.17, 15) is 19.2 Å². The molecule has 418 valence electrons. The maximum absolute atomic E-state index is 15.7. The highest BCUT2D eigenvalue weighted by Crippen LogP contribution is 2.48. The summed E-state index contributed by atoms with van der Waals surface area (Å²) >= 11 is 0. The van der Waals surface area contributed by atoms with Crippen LogP contribution in [-0.4, -0.2) is 137 Å². The number of nitrogens with zero attached hydrogens (tertiary/aromatic N) is 4. The number of aryl methyl sites for hydroxylation is 1. The van der Waals surface area contributed by atoms with E-state index in [0.717, 1.165) is 40.7 Å². The molecule has 2 fully saturated rings.